The lowest BCUT2D eigenvalue weighted by Gasteiger charge is -1.88. The van der Waals surface area contributed by atoms with E-state index in [-0.39, 0.29) is 0 Å². The van der Waals surface area contributed by atoms with Crippen LogP contribution >= 0.6 is 0 Å². The fourth-order valence-corrected chi connectivity index (χ4v) is 1.16. The first-order valence-electron chi connectivity index (χ1n) is 5.20. The molecule has 14 heavy (non-hydrogen) atoms. The highest BCUT2D eigenvalue weighted by atomic mass is 13.9. The maximum absolute atomic E-state index is 3.25. The lowest BCUT2D eigenvalue weighted by Crippen LogP contribution is -1.69. The summed E-state index contributed by atoms with van der Waals surface area (Å²) in [4.78, 5) is 0. The van der Waals surface area contributed by atoms with Crippen molar-refractivity contribution in [1.29, 1.82) is 0 Å². The summed E-state index contributed by atoms with van der Waals surface area (Å²) in [7, 11) is 0. The molecular weight excluding hydrogens is 168 g/mol. The fraction of sp³-hybridized carbons (Fsp3) is 0.286. The van der Waals surface area contributed by atoms with Crippen LogP contribution in [-0.4, -0.2) is 0 Å². The van der Waals surface area contributed by atoms with Crippen molar-refractivity contribution < 1.29 is 0 Å². The molecule has 0 heterocycles. The van der Waals surface area contributed by atoms with Gasteiger partial charge in [0, 0.05) is 0 Å². The molecule has 0 atom stereocenters. The standard InChI is InChI=1S/C14H17/c1-2-4-6-8-10-12-14-13-11-9-7-5-3-1/h1-6,9,11,13H,7-8,10,12H2/b2-1+,5-3+,6-4-,11-9-,14-13?. The third-order valence-corrected chi connectivity index (χ3v) is 1.92. The molecule has 0 aromatic carbocycles. The molecule has 0 fully saturated rings. The topological polar surface area (TPSA) is 0 Å². The van der Waals surface area contributed by atoms with Gasteiger partial charge in [-0.2, -0.15) is 0 Å². The second-order valence-corrected chi connectivity index (χ2v) is 3.17. The molecular formula is C14H17. The minimum Gasteiger partial charge on any atom is -0.0845 e. The number of hydrogen-bond acceptors (Lipinski definition) is 0. The van der Waals surface area contributed by atoms with E-state index in [1.54, 1.807) is 0 Å². The molecule has 1 rings (SSSR count). The van der Waals surface area contributed by atoms with Crippen molar-refractivity contribution in [2.45, 2.75) is 25.7 Å². The zero-order valence-electron chi connectivity index (χ0n) is 8.52. The Morgan fingerprint density at radius 3 is 2.50 bits per heavy atom. The summed E-state index contributed by atoms with van der Waals surface area (Å²) in [5.41, 5.74) is 0. The van der Waals surface area contributed by atoms with Gasteiger partial charge in [0.1, 0.15) is 0 Å². The summed E-state index contributed by atoms with van der Waals surface area (Å²) in [6.07, 6.45) is 26.5. The van der Waals surface area contributed by atoms with Gasteiger partial charge in [-0.25, -0.2) is 0 Å². The first-order chi connectivity index (χ1) is 7.00. The Balaban J connectivity index is 2.45. The third-order valence-electron chi connectivity index (χ3n) is 1.92. The molecule has 1 radical (unpaired) electrons. The van der Waals surface area contributed by atoms with Crippen LogP contribution in [0.2, 0.25) is 0 Å². The smallest absolute Gasteiger partial charge is 0.0163 e. The van der Waals surface area contributed by atoms with Gasteiger partial charge in [0.15, 0.2) is 0 Å². The highest BCUT2D eigenvalue weighted by molar-refractivity contribution is 5.12. The number of allylic oxidation sites excluding steroid dienone is 10. The Morgan fingerprint density at radius 1 is 0.786 bits per heavy atom. The number of rotatable bonds is 0. The van der Waals surface area contributed by atoms with Crippen molar-refractivity contribution in [2.24, 2.45) is 0 Å². The molecule has 0 unspecified atom stereocenters. The lowest BCUT2D eigenvalue weighted by atomic mass is 10.2. The van der Waals surface area contributed by atoms with Crippen molar-refractivity contribution in [3.8, 4) is 0 Å². The zero-order valence-corrected chi connectivity index (χ0v) is 8.52. The van der Waals surface area contributed by atoms with Crippen LogP contribution in [0.5, 0.6) is 0 Å². The fourth-order valence-electron chi connectivity index (χ4n) is 1.16. The minimum absolute atomic E-state index is 0.992. The molecule has 0 aromatic rings. The van der Waals surface area contributed by atoms with E-state index in [4.69, 9.17) is 0 Å². The molecule has 1 aliphatic carbocycles. The van der Waals surface area contributed by atoms with Crippen molar-refractivity contribution in [1.82, 2.24) is 0 Å². The first-order valence-corrected chi connectivity index (χ1v) is 5.20. The van der Waals surface area contributed by atoms with E-state index in [2.05, 4.69) is 54.7 Å². The van der Waals surface area contributed by atoms with Crippen LogP contribution in [0.1, 0.15) is 25.7 Å². The Bertz CT molecular complexity index is 262. The lowest BCUT2D eigenvalue weighted by molar-refractivity contribution is 0.855. The van der Waals surface area contributed by atoms with Gasteiger partial charge in [0.25, 0.3) is 0 Å². The molecule has 0 N–H and O–H groups in total. The van der Waals surface area contributed by atoms with Crippen molar-refractivity contribution >= 4 is 0 Å². The van der Waals surface area contributed by atoms with Gasteiger partial charge in [-0.05, 0) is 31.8 Å². The van der Waals surface area contributed by atoms with Crippen LogP contribution in [0.15, 0.2) is 54.7 Å². The summed E-state index contributed by atoms with van der Waals surface area (Å²) in [6.45, 7) is 0. The Morgan fingerprint density at radius 2 is 1.57 bits per heavy atom. The van der Waals surface area contributed by atoms with Crippen molar-refractivity contribution in [2.75, 3.05) is 0 Å². The predicted molar refractivity (Wildman–Crippen MR) is 62.8 cm³/mol. The average molecular weight is 185 g/mol. The highest BCUT2D eigenvalue weighted by Crippen LogP contribution is 1.98. The Hall–Kier alpha value is -1.30. The van der Waals surface area contributed by atoms with Gasteiger partial charge < -0.3 is 0 Å². The Labute approximate surface area is 87.0 Å². The normalized spacial score (nSPS) is 29.7. The molecule has 1 aliphatic rings. The summed E-state index contributed by atoms with van der Waals surface area (Å²) < 4.78 is 0. The van der Waals surface area contributed by atoms with E-state index in [1.807, 2.05) is 6.08 Å². The van der Waals surface area contributed by atoms with Crippen molar-refractivity contribution in [3.63, 3.8) is 0 Å². The molecule has 0 bridgehead atoms. The molecule has 0 heteroatoms. The van der Waals surface area contributed by atoms with E-state index < -0.39 is 0 Å². The Kier molecular flexibility index (Phi) is 6.39. The van der Waals surface area contributed by atoms with Gasteiger partial charge in [-0.3, -0.25) is 0 Å². The average Bonchev–Trinajstić information content (AvgIpc) is 2.22. The predicted octanol–water partition coefficient (Wildman–Crippen LogP) is 4.14. The molecule has 0 aliphatic heterocycles. The molecule has 0 amide bonds. The van der Waals surface area contributed by atoms with Gasteiger partial charge in [-0.15, -0.1) is 0 Å². The monoisotopic (exact) mass is 185 g/mol. The van der Waals surface area contributed by atoms with E-state index in [0.717, 1.165) is 19.3 Å². The molecule has 0 saturated heterocycles. The zero-order chi connectivity index (χ0) is 9.90. The first kappa shape index (κ1) is 10.8. The van der Waals surface area contributed by atoms with Crippen LogP contribution in [-0.2, 0) is 0 Å². The van der Waals surface area contributed by atoms with Gasteiger partial charge in [-0.1, -0.05) is 54.7 Å². The van der Waals surface area contributed by atoms with Crippen LogP contribution in [0, 0.1) is 6.08 Å². The largest absolute Gasteiger partial charge is 0.0845 e. The second kappa shape index (κ2) is 8.31. The van der Waals surface area contributed by atoms with Crippen molar-refractivity contribution in [3.05, 3.63) is 60.8 Å². The van der Waals surface area contributed by atoms with Crippen LogP contribution < -0.4 is 0 Å². The molecule has 0 aromatic heterocycles. The molecule has 0 nitrogen and oxygen atoms in total. The summed E-state index contributed by atoms with van der Waals surface area (Å²) in [5.74, 6) is 0. The van der Waals surface area contributed by atoms with E-state index in [0.29, 0.717) is 0 Å². The quantitative estimate of drug-likeness (QED) is 0.532. The van der Waals surface area contributed by atoms with Crippen LogP contribution in [0.3, 0.4) is 0 Å². The van der Waals surface area contributed by atoms with Crippen LogP contribution in [0.25, 0.3) is 0 Å². The van der Waals surface area contributed by atoms with Gasteiger partial charge in [0.05, 0.1) is 0 Å². The summed E-state index contributed by atoms with van der Waals surface area (Å²) in [6, 6.07) is 0. The molecule has 0 saturated carbocycles. The highest BCUT2D eigenvalue weighted by Gasteiger charge is 1.79. The third kappa shape index (κ3) is 6.24. The SMILES string of the molecule is [C]1=C/C=C\C/C=C/C=C/C=C\CCC/1. The van der Waals surface area contributed by atoms with Gasteiger partial charge >= 0.3 is 0 Å². The van der Waals surface area contributed by atoms with E-state index in [1.165, 1.54) is 6.42 Å². The molecule has 0 spiro atoms. The second-order valence-electron chi connectivity index (χ2n) is 3.17. The summed E-state index contributed by atoms with van der Waals surface area (Å²) in [5, 5.41) is 0. The number of hydrogen-bond donors (Lipinski definition) is 0. The molecule has 73 valence electrons. The maximum atomic E-state index is 3.25. The van der Waals surface area contributed by atoms with E-state index >= 15 is 0 Å². The van der Waals surface area contributed by atoms with Gasteiger partial charge in [0.2, 0.25) is 0 Å². The minimum atomic E-state index is 0.992. The van der Waals surface area contributed by atoms with Crippen LogP contribution in [0.4, 0.5) is 0 Å². The summed E-state index contributed by atoms with van der Waals surface area (Å²) >= 11 is 0. The van der Waals surface area contributed by atoms with E-state index in [9.17, 15) is 0 Å². The maximum Gasteiger partial charge on any atom is -0.0163 e.